The van der Waals surface area contributed by atoms with E-state index in [4.69, 9.17) is 0 Å². The minimum absolute atomic E-state index is 0.0144. The van der Waals surface area contributed by atoms with E-state index in [0.717, 1.165) is 19.5 Å². The summed E-state index contributed by atoms with van der Waals surface area (Å²) in [6.07, 6.45) is 0.861. The average molecular weight is 213 g/mol. The van der Waals surface area contributed by atoms with E-state index in [9.17, 15) is 9.59 Å². The molecule has 0 atom stereocenters. The molecule has 0 aromatic rings. The lowest BCUT2D eigenvalue weighted by atomic mass is 10.3. The Morgan fingerprint density at radius 2 is 2.20 bits per heavy atom. The van der Waals surface area contributed by atoms with Crippen LogP contribution in [0.15, 0.2) is 0 Å². The molecule has 0 radical (unpaired) electrons. The molecule has 1 saturated heterocycles. The summed E-state index contributed by atoms with van der Waals surface area (Å²) in [5.74, 6) is 0.0397. The highest BCUT2D eigenvalue weighted by Crippen LogP contribution is 2.02. The zero-order chi connectivity index (χ0) is 11.3. The molecule has 1 aliphatic rings. The molecule has 1 N–H and O–H groups in total. The van der Waals surface area contributed by atoms with Gasteiger partial charge >= 0.3 is 0 Å². The molecule has 0 aromatic heterocycles. The first-order valence-corrected chi connectivity index (χ1v) is 5.37. The molecule has 2 amide bonds. The van der Waals surface area contributed by atoms with E-state index in [2.05, 4.69) is 5.32 Å². The van der Waals surface area contributed by atoms with E-state index in [1.54, 1.807) is 16.8 Å². The number of rotatable bonds is 3. The maximum Gasteiger partial charge on any atom is 0.241 e. The van der Waals surface area contributed by atoms with Crippen molar-refractivity contribution in [3.05, 3.63) is 0 Å². The zero-order valence-corrected chi connectivity index (χ0v) is 9.45. The first kappa shape index (κ1) is 12.0. The van der Waals surface area contributed by atoms with Crippen molar-refractivity contribution >= 4 is 11.8 Å². The molecule has 1 rings (SSSR count). The van der Waals surface area contributed by atoms with E-state index in [0.29, 0.717) is 13.1 Å². The predicted molar refractivity (Wildman–Crippen MR) is 57.4 cm³/mol. The standard InChI is InChI=1S/C10H19N3O2/c1-3-11-7-9(14)13-6-4-5-12(2)10(15)8-13/h11H,3-8H2,1-2H3. The largest absolute Gasteiger partial charge is 0.344 e. The number of carbonyl (C=O) groups is 2. The predicted octanol–water partition coefficient (Wildman–Crippen LogP) is -0.713. The smallest absolute Gasteiger partial charge is 0.241 e. The van der Waals surface area contributed by atoms with Gasteiger partial charge in [0, 0.05) is 20.1 Å². The molecule has 0 aliphatic carbocycles. The van der Waals surface area contributed by atoms with Crippen LogP contribution in [-0.2, 0) is 9.59 Å². The van der Waals surface area contributed by atoms with Crippen LogP contribution in [0.4, 0.5) is 0 Å². The lowest BCUT2D eigenvalue weighted by molar-refractivity contribution is -0.137. The fraction of sp³-hybridized carbons (Fsp3) is 0.800. The van der Waals surface area contributed by atoms with E-state index >= 15 is 0 Å². The molecule has 0 spiro atoms. The Morgan fingerprint density at radius 3 is 2.87 bits per heavy atom. The Labute approximate surface area is 90.4 Å². The molecule has 0 unspecified atom stereocenters. The number of nitrogens with zero attached hydrogens (tertiary/aromatic N) is 2. The van der Waals surface area contributed by atoms with Crippen LogP contribution in [0.3, 0.4) is 0 Å². The van der Waals surface area contributed by atoms with Crippen molar-refractivity contribution in [2.75, 3.05) is 39.8 Å². The lowest BCUT2D eigenvalue weighted by Crippen LogP contribution is -2.42. The summed E-state index contributed by atoms with van der Waals surface area (Å²) in [5, 5.41) is 2.98. The van der Waals surface area contributed by atoms with Crippen LogP contribution in [0.5, 0.6) is 0 Å². The first-order valence-electron chi connectivity index (χ1n) is 5.37. The molecule has 1 heterocycles. The van der Waals surface area contributed by atoms with Gasteiger partial charge in [-0.3, -0.25) is 9.59 Å². The molecule has 5 heteroatoms. The number of hydrogen-bond acceptors (Lipinski definition) is 3. The molecular weight excluding hydrogens is 194 g/mol. The number of carbonyl (C=O) groups excluding carboxylic acids is 2. The fourth-order valence-electron chi connectivity index (χ4n) is 1.54. The van der Waals surface area contributed by atoms with Gasteiger partial charge in [0.05, 0.1) is 13.1 Å². The third-order valence-electron chi connectivity index (χ3n) is 2.55. The second kappa shape index (κ2) is 5.70. The van der Waals surface area contributed by atoms with Gasteiger partial charge in [-0.15, -0.1) is 0 Å². The van der Waals surface area contributed by atoms with E-state index in [-0.39, 0.29) is 18.4 Å². The van der Waals surface area contributed by atoms with Gasteiger partial charge in [-0.1, -0.05) is 6.92 Å². The molecule has 1 aliphatic heterocycles. The van der Waals surface area contributed by atoms with Crippen LogP contribution >= 0.6 is 0 Å². The summed E-state index contributed by atoms with van der Waals surface area (Å²) in [4.78, 5) is 26.5. The minimum atomic E-state index is 0.0144. The maximum atomic E-state index is 11.7. The van der Waals surface area contributed by atoms with Crippen molar-refractivity contribution < 1.29 is 9.59 Å². The van der Waals surface area contributed by atoms with Crippen LogP contribution in [0.1, 0.15) is 13.3 Å². The topological polar surface area (TPSA) is 52.7 Å². The van der Waals surface area contributed by atoms with E-state index < -0.39 is 0 Å². The van der Waals surface area contributed by atoms with E-state index in [1.807, 2.05) is 6.92 Å². The Kier molecular flexibility index (Phi) is 4.55. The normalized spacial score (nSPS) is 17.9. The van der Waals surface area contributed by atoms with Gasteiger partial charge < -0.3 is 15.1 Å². The van der Waals surface area contributed by atoms with Crippen molar-refractivity contribution in [1.29, 1.82) is 0 Å². The van der Waals surface area contributed by atoms with Crippen LogP contribution in [0, 0.1) is 0 Å². The lowest BCUT2D eigenvalue weighted by Gasteiger charge is -2.19. The zero-order valence-electron chi connectivity index (χ0n) is 9.45. The summed E-state index contributed by atoms with van der Waals surface area (Å²) in [6, 6.07) is 0. The minimum Gasteiger partial charge on any atom is -0.344 e. The van der Waals surface area contributed by atoms with Crippen molar-refractivity contribution in [3.8, 4) is 0 Å². The van der Waals surface area contributed by atoms with Gasteiger partial charge in [0.1, 0.15) is 0 Å². The SMILES string of the molecule is CCNCC(=O)N1CCCN(C)C(=O)C1. The van der Waals surface area contributed by atoms with Gasteiger partial charge in [-0.25, -0.2) is 0 Å². The summed E-state index contributed by atoms with van der Waals surface area (Å²) < 4.78 is 0. The Balaban J connectivity index is 2.47. The average Bonchev–Trinajstić information content (AvgIpc) is 2.38. The van der Waals surface area contributed by atoms with Crippen LogP contribution < -0.4 is 5.32 Å². The van der Waals surface area contributed by atoms with Crippen LogP contribution in [0.2, 0.25) is 0 Å². The molecular formula is C10H19N3O2. The Morgan fingerprint density at radius 1 is 1.47 bits per heavy atom. The molecule has 86 valence electrons. The van der Waals surface area contributed by atoms with Gasteiger partial charge in [-0.05, 0) is 13.0 Å². The van der Waals surface area contributed by atoms with Crippen molar-refractivity contribution in [3.63, 3.8) is 0 Å². The van der Waals surface area contributed by atoms with Crippen molar-refractivity contribution in [2.45, 2.75) is 13.3 Å². The third-order valence-corrected chi connectivity index (χ3v) is 2.55. The molecule has 1 fully saturated rings. The Bertz CT molecular complexity index is 243. The second-order valence-corrected chi connectivity index (χ2v) is 3.76. The quantitative estimate of drug-likeness (QED) is 0.673. The highest BCUT2D eigenvalue weighted by molar-refractivity contribution is 5.86. The van der Waals surface area contributed by atoms with Crippen LogP contribution in [-0.4, -0.2) is 61.4 Å². The fourth-order valence-corrected chi connectivity index (χ4v) is 1.54. The monoisotopic (exact) mass is 213 g/mol. The summed E-state index contributed by atoms with van der Waals surface area (Å²) in [5.41, 5.74) is 0. The molecule has 5 nitrogen and oxygen atoms in total. The van der Waals surface area contributed by atoms with Crippen molar-refractivity contribution in [1.82, 2.24) is 15.1 Å². The summed E-state index contributed by atoms with van der Waals surface area (Å²) in [7, 11) is 1.78. The van der Waals surface area contributed by atoms with E-state index in [1.165, 1.54) is 0 Å². The number of nitrogens with one attached hydrogen (secondary N) is 1. The number of likely N-dealkylation sites (N-methyl/N-ethyl adjacent to an activating group) is 2. The highest BCUT2D eigenvalue weighted by Gasteiger charge is 2.21. The number of hydrogen-bond donors (Lipinski definition) is 1. The third kappa shape index (κ3) is 3.51. The second-order valence-electron chi connectivity index (χ2n) is 3.76. The molecule has 0 saturated carbocycles. The molecule has 0 aromatic carbocycles. The number of amides is 2. The summed E-state index contributed by atoms with van der Waals surface area (Å²) >= 11 is 0. The first-order chi connectivity index (χ1) is 7.15. The van der Waals surface area contributed by atoms with Gasteiger partial charge in [0.25, 0.3) is 0 Å². The van der Waals surface area contributed by atoms with Gasteiger partial charge in [0.15, 0.2) is 0 Å². The summed E-state index contributed by atoms with van der Waals surface area (Å²) in [6.45, 7) is 4.69. The maximum absolute atomic E-state index is 11.7. The molecule has 15 heavy (non-hydrogen) atoms. The van der Waals surface area contributed by atoms with Gasteiger partial charge in [0.2, 0.25) is 11.8 Å². The van der Waals surface area contributed by atoms with Crippen LogP contribution in [0.25, 0.3) is 0 Å². The van der Waals surface area contributed by atoms with Gasteiger partial charge in [-0.2, -0.15) is 0 Å². The molecule has 0 bridgehead atoms. The Hall–Kier alpha value is -1.10. The highest BCUT2D eigenvalue weighted by atomic mass is 16.2. The van der Waals surface area contributed by atoms with Crippen molar-refractivity contribution in [2.24, 2.45) is 0 Å².